The molecule has 0 saturated heterocycles. The van der Waals surface area contributed by atoms with Crippen LogP contribution in [0.5, 0.6) is 0 Å². The predicted molar refractivity (Wildman–Crippen MR) is 51.4 cm³/mol. The Balaban J connectivity index is 2.49. The molecule has 1 aromatic heterocycles. The van der Waals surface area contributed by atoms with Crippen LogP contribution < -0.4 is 5.32 Å². The zero-order valence-corrected chi connectivity index (χ0v) is 8.46. The van der Waals surface area contributed by atoms with Gasteiger partial charge in [-0.15, -0.1) is 0 Å². The van der Waals surface area contributed by atoms with Crippen molar-refractivity contribution in [3.8, 4) is 0 Å². The Bertz CT molecular complexity index is 243. The smallest absolute Gasteiger partial charge is 0.123 e. The summed E-state index contributed by atoms with van der Waals surface area (Å²) in [6, 6.07) is 2.42. The zero-order chi connectivity index (χ0) is 9.68. The molecule has 1 aromatic rings. The number of nitrogens with one attached hydrogen (secondary N) is 1. The fourth-order valence-electron chi connectivity index (χ4n) is 1.10. The topological polar surface area (TPSA) is 34.4 Å². The molecule has 0 atom stereocenters. The van der Waals surface area contributed by atoms with Crippen molar-refractivity contribution in [1.29, 1.82) is 0 Å². The van der Waals surface area contributed by atoms with Gasteiger partial charge in [0.05, 0.1) is 19.4 Å². The van der Waals surface area contributed by atoms with Crippen molar-refractivity contribution in [2.75, 3.05) is 7.11 Å². The second kappa shape index (κ2) is 5.04. The van der Waals surface area contributed by atoms with Crippen molar-refractivity contribution in [3.63, 3.8) is 0 Å². The van der Waals surface area contributed by atoms with E-state index in [1.165, 1.54) is 0 Å². The highest BCUT2D eigenvalue weighted by Crippen LogP contribution is 2.11. The van der Waals surface area contributed by atoms with Crippen LogP contribution in [0.2, 0.25) is 0 Å². The van der Waals surface area contributed by atoms with Gasteiger partial charge in [-0.25, -0.2) is 0 Å². The zero-order valence-electron chi connectivity index (χ0n) is 8.46. The molecule has 3 nitrogen and oxygen atoms in total. The number of furan rings is 1. The third kappa shape index (κ3) is 3.20. The summed E-state index contributed by atoms with van der Waals surface area (Å²) in [7, 11) is 1.69. The molecule has 13 heavy (non-hydrogen) atoms. The molecule has 0 radical (unpaired) electrons. The van der Waals surface area contributed by atoms with E-state index in [-0.39, 0.29) is 0 Å². The molecule has 0 saturated carbocycles. The van der Waals surface area contributed by atoms with E-state index in [1.807, 2.05) is 6.07 Å². The lowest BCUT2D eigenvalue weighted by atomic mass is 10.2. The summed E-state index contributed by atoms with van der Waals surface area (Å²) >= 11 is 0. The Morgan fingerprint density at radius 3 is 2.92 bits per heavy atom. The molecule has 1 rings (SSSR count). The van der Waals surface area contributed by atoms with Crippen LogP contribution >= 0.6 is 0 Å². The van der Waals surface area contributed by atoms with Crippen molar-refractivity contribution >= 4 is 0 Å². The Morgan fingerprint density at radius 1 is 1.54 bits per heavy atom. The molecule has 0 aromatic carbocycles. The van der Waals surface area contributed by atoms with Crippen LogP contribution in [0.1, 0.15) is 25.2 Å². The van der Waals surface area contributed by atoms with Crippen molar-refractivity contribution in [2.24, 2.45) is 0 Å². The maximum absolute atomic E-state index is 5.33. The first kappa shape index (κ1) is 10.3. The molecule has 0 unspecified atom stereocenters. The van der Waals surface area contributed by atoms with Gasteiger partial charge in [0.25, 0.3) is 0 Å². The molecule has 0 aliphatic rings. The molecule has 0 amide bonds. The quantitative estimate of drug-likeness (QED) is 0.757. The lowest BCUT2D eigenvalue weighted by Gasteiger charge is -2.07. The number of ether oxygens (including phenoxy) is 1. The SMILES string of the molecule is COCc1ccoc1CNC(C)C. The minimum atomic E-state index is 0.473. The molecule has 1 N–H and O–H groups in total. The van der Waals surface area contributed by atoms with Crippen LogP contribution in [0.15, 0.2) is 16.7 Å². The van der Waals surface area contributed by atoms with Crippen LogP contribution in [0.25, 0.3) is 0 Å². The summed E-state index contributed by atoms with van der Waals surface area (Å²) in [5.41, 5.74) is 1.12. The lowest BCUT2D eigenvalue weighted by Crippen LogP contribution is -2.22. The first-order valence-electron chi connectivity index (χ1n) is 4.51. The summed E-state index contributed by atoms with van der Waals surface area (Å²) in [4.78, 5) is 0. The lowest BCUT2D eigenvalue weighted by molar-refractivity contribution is 0.182. The second-order valence-electron chi connectivity index (χ2n) is 3.34. The second-order valence-corrected chi connectivity index (χ2v) is 3.34. The van der Waals surface area contributed by atoms with E-state index >= 15 is 0 Å². The fourth-order valence-corrected chi connectivity index (χ4v) is 1.10. The van der Waals surface area contributed by atoms with Crippen LogP contribution in [0, 0.1) is 0 Å². The summed E-state index contributed by atoms with van der Waals surface area (Å²) in [5.74, 6) is 0.968. The highest BCUT2D eigenvalue weighted by atomic mass is 16.5. The van der Waals surface area contributed by atoms with Gasteiger partial charge in [0.15, 0.2) is 0 Å². The third-order valence-electron chi connectivity index (χ3n) is 1.81. The Kier molecular flexibility index (Phi) is 3.99. The van der Waals surface area contributed by atoms with Gasteiger partial charge in [-0.05, 0) is 6.07 Å². The van der Waals surface area contributed by atoms with E-state index in [4.69, 9.17) is 9.15 Å². The van der Waals surface area contributed by atoms with Gasteiger partial charge in [0, 0.05) is 18.7 Å². The minimum Gasteiger partial charge on any atom is -0.468 e. The summed E-state index contributed by atoms with van der Waals surface area (Å²) in [6.07, 6.45) is 1.70. The van der Waals surface area contributed by atoms with Crippen LogP contribution in [0.3, 0.4) is 0 Å². The number of hydrogen-bond acceptors (Lipinski definition) is 3. The van der Waals surface area contributed by atoms with E-state index in [0.29, 0.717) is 12.6 Å². The normalized spacial score (nSPS) is 11.1. The van der Waals surface area contributed by atoms with Crippen molar-refractivity contribution in [1.82, 2.24) is 5.32 Å². The monoisotopic (exact) mass is 183 g/mol. The summed E-state index contributed by atoms with van der Waals surface area (Å²) in [5, 5.41) is 3.30. The standard InChI is InChI=1S/C10H17NO2/c1-8(2)11-6-10-9(7-12-3)4-5-13-10/h4-5,8,11H,6-7H2,1-3H3. The van der Waals surface area contributed by atoms with E-state index in [0.717, 1.165) is 17.9 Å². The predicted octanol–water partition coefficient (Wildman–Crippen LogP) is 1.92. The summed E-state index contributed by atoms with van der Waals surface area (Å²) < 4.78 is 10.4. The molecular weight excluding hydrogens is 166 g/mol. The maximum Gasteiger partial charge on any atom is 0.123 e. The van der Waals surface area contributed by atoms with E-state index in [1.54, 1.807) is 13.4 Å². The first-order valence-corrected chi connectivity index (χ1v) is 4.51. The van der Waals surface area contributed by atoms with Gasteiger partial charge in [-0.1, -0.05) is 13.8 Å². The Labute approximate surface area is 79.1 Å². The Hall–Kier alpha value is -0.800. The molecule has 0 bridgehead atoms. The van der Waals surface area contributed by atoms with Gasteiger partial charge in [-0.3, -0.25) is 0 Å². The molecular formula is C10H17NO2. The molecule has 74 valence electrons. The van der Waals surface area contributed by atoms with E-state index in [2.05, 4.69) is 19.2 Å². The molecule has 0 spiro atoms. The van der Waals surface area contributed by atoms with Gasteiger partial charge >= 0.3 is 0 Å². The van der Waals surface area contributed by atoms with E-state index in [9.17, 15) is 0 Å². The molecule has 1 heterocycles. The van der Waals surface area contributed by atoms with Crippen LogP contribution in [0.4, 0.5) is 0 Å². The highest BCUT2D eigenvalue weighted by Gasteiger charge is 2.05. The molecule has 0 fully saturated rings. The van der Waals surface area contributed by atoms with Crippen LogP contribution in [-0.4, -0.2) is 13.2 Å². The van der Waals surface area contributed by atoms with Crippen molar-refractivity contribution in [2.45, 2.75) is 33.0 Å². The third-order valence-corrected chi connectivity index (χ3v) is 1.81. The molecule has 0 aliphatic heterocycles. The molecule has 3 heteroatoms. The summed E-state index contributed by atoms with van der Waals surface area (Å²) in [6.45, 7) is 5.60. The maximum atomic E-state index is 5.33. The van der Waals surface area contributed by atoms with Gasteiger partial charge in [0.1, 0.15) is 5.76 Å². The fraction of sp³-hybridized carbons (Fsp3) is 0.600. The number of rotatable bonds is 5. The largest absolute Gasteiger partial charge is 0.468 e. The van der Waals surface area contributed by atoms with Gasteiger partial charge in [-0.2, -0.15) is 0 Å². The minimum absolute atomic E-state index is 0.473. The average Bonchev–Trinajstić information content (AvgIpc) is 2.49. The average molecular weight is 183 g/mol. The number of hydrogen-bond donors (Lipinski definition) is 1. The Morgan fingerprint density at radius 2 is 2.31 bits per heavy atom. The van der Waals surface area contributed by atoms with Crippen LogP contribution in [-0.2, 0) is 17.9 Å². The van der Waals surface area contributed by atoms with Crippen molar-refractivity contribution in [3.05, 3.63) is 23.7 Å². The number of methoxy groups -OCH3 is 1. The highest BCUT2D eigenvalue weighted by molar-refractivity contribution is 5.15. The molecule has 0 aliphatic carbocycles. The first-order chi connectivity index (χ1) is 6.24. The van der Waals surface area contributed by atoms with Gasteiger partial charge in [0.2, 0.25) is 0 Å². The van der Waals surface area contributed by atoms with E-state index < -0.39 is 0 Å². The van der Waals surface area contributed by atoms with Crippen molar-refractivity contribution < 1.29 is 9.15 Å². The van der Waals surface area contributed by atoms with Gasteiger partial charge < -0.3 is 14.5 Å².